The molecule has 1 fully saturated rings. The average Bonchev–Trinajstić information content (AvgIpc) is 3.12. The predicted octanol–water partition coefficient (Wildman–Crippen LogP) is 2.52. The molecule has 4 rings (SSSR count). The molecule has 0 unspecified atom stereocenters. The summed E-state index contributed by atoms with van der Waals surface area (Å²) < 4.78 is 38.4. The van der Waals surface area contributed by atoms with Crippen molar-refractivity contribution in [2.45, 2.75) is 18.7 Å². The van der Waals surface area contributed by atoms with Gasteiger partial charge in [-0.15, -0.1) is 0 Å². The molecule has 35 heavy (non-hydrogen) atoms. The van der Waals surface area contributed by atoms with Gasteiger partial charge in [0, 0.05) is 54.4 Å². The van der Waals surface area contributed by atoms with Crippen molar-refractivity contribution in [2.75, 3.05) is 32.7 Å². The Balaban J connectivity index is 1.42. The van der Waals surface area contributed by atoms with Gasteiger partial charge in [0.2, 0.25) is 10.0 Å². The van der Waals surface area contributed by atoms with Crippen LogP contribution in [0.15, 0.2) is 59.5 Å². The van der Waals surface area contributed by atoms with E-state index in [2.05, 4.69) is 0 Å². The highest BCUT2D eigenvalue weighted by atomic mass is 32.2. The second kappa shape index (κ2) is 9.73. The van der Waals surface area contributed by atoms with E-state index in [0.717, 1.165) is 17.1 Å². The van der Waals surface area contributed by atoms with E-state index >= 15 is 0 Å². The minimum absolute atomic E-state index is 0.0232. The molecule has 1 amide bonds. The zero-order valence-corrected chi connectivity index (χ0v) is 20.4. The molecule has 1 aromatic heterocycles. The number of nitrogens with zero attached hydrogens (tertiary/aromatic N) is 3. The second-order valence-electron chi connectivity index (χ2n) is 8.66. The maximum Gasteiger partial charge on any atom is 0.254 e. The summed E-state index contributed by atoms with van der Waals surface area (Å²) in [6.07, 6.45) is 0. The number of rotatable bonds is 6. The first kappa shape index (κ1) is 24.8. The molecule has 3 aromatic rings. The van der Waals surface area contributed by atoms with Crippen LogP contribution in [-0.2, 0) is 10.0 Å². The second-order valence-corrected chi connectivity index (χ2v) is 10.2. The molecule has 0 bridgehead atoms. The Bertz CT molecular complexity index is 1370. The Morgan fingerprint density at radius 1 is 0.971 bits per heavy atom. The highest BCUT2D eigenvalue weighted by molar-refractivity contribution is 7.89. The molecule has 0 spiro atoms. The summed E-state index contributed by atoms with van der Waals surface area (Å²) in [6.45, 7) is 5.95. The van der Waals surface area contributed by atoms with Crippen LogP contribution >= 0.6 is 0 Å². The maximum absolute atomic E-state index is 13.4. The van der Waals surface area contributed by atoms with Crippen molar-refractivity contribution < 1.29 is 22.4 Å². The molecular weight excluding hydrogens is 471 g/mol. The van der Waals surface area contributed by atoms with Crippen LogP contribution in [-0.4, -0.2) is 67.2 Å². The molecule has 10 heteroatoms. The molecule has 0 aliphatic carbocycles. The molecule has 1 aliphatic rings. The Labute approximate surface area is 203 Å². The summed E-state index contributed by atoms with van der Waals surface area (Å²) in [4.78, 5) is 29.4. The fourth-order valence-corrected chi connectivity index (χ4v) is 4.94. The maximum atomic E-state index is 13.4. The standard InChI is InChI=1S/C25H27FN4O4S/c1-17-14-23(18(2)30(17)21-6-8-22(9-7-21)35(27,33)34)24(31)16-28-10-12-29(13-11-28)25(32)19-4-3-5-20(26)15-19/h3-9,14-15H,10-13,16H2,1-2H3,(H2,27,33,34). The summed E-state index contributed by atoms with van der Waals surface area (Å²) in [5, 5.41) is 5.18. The number of carbonyl (C=O) groups is 2. The Hall–Kier alpha value is -3.34. The minimum Gasteiger partial charge on any atom is -0.336 e. The lowest BCUT2D eigenvalue weighted by molar-refractivity contribution is 0.0624. The van der Waals surface area contributed by atoms with Gasteiger partial charge in [-0.1, -0.05) is 6.07 Å². The van der Waals surface area contributed by atoms with Gasteiger partial charge in [-0.25, -0.2) is 17.9 Å². The zero-order valence-electron chi connectivity index (χ0n) is 19.6. The number of halogens is 1. The van der Waals surface area contributed by atoms with E-state index < -0.39 is 15.8 Å². The molecule has 0 radical (unpaired) electrons. The Kier molecular flexibility index (Phi) is 6.88. The van der Waals surface area contributed by atoms with Crippen molar-refractivity contribution in [3.8, 4) is 5.69 Å². The number of hydrogen-bond acceptors (Lipinski definition) is 5. The van der Waals surface area contributed by atoms with Crippen LogP contribution in [0.2, 0.25) is 0 Å². The summed E-state index contributed by atoms with van der Waals surface area (Å²) in [6, 6.07) is 13.7. The van der Waals surface area contributed by atoms with E-state index in [1.165, 1.54) is 30.3 Å². The number of hydrogen-bond donors (Lipinski definition) is 1. The monoisotopic (exact) mass is 498 g/mol. The van der Waals surface area contributed by atoms with Crippen LogP contribution in [0, 0.1) is 19.7 Å². The van der Waals surface area contributed by atoms with Gasteiger partial charge in [-0.05, 0) is 62.4 Å². The van der Waals surface area contributed by atoms with Crippen molar-refractivity contribution in [3.63, 3.8) is 0 Å². The number of ketones is 1. The van der Waals surface area contributed by atoms with Crippen molar-refractivity contribution in [2.24, 2.45) is 5.14 Å². The number of piperazine rings is 1. The molecule has 1 aliphatic heterocycles. The first-order valence-corrected chi connectivity index (χ1v) is 12.7. The largest absolute Gasteiger partial charge is 0.336 e. The van der Waals surface area contributed by atoms with Crippen LogP contribution in [0.25, 0.3) is 5.69 Å². The van der Waals surface area contributed by atoms with Gasteiger partial charge in [-0.2, -0.15) is 0 Å². The van der Waals surface area contributed by atoms with Crippen molar-refractivity contribution in [1.82, 2.24) is 14.4 Å². The minimum atomic E-state index is -3.78. The number of Topliss-reactive ketones (excluding diaryl/α,β-unsaturated/α-hetero) is 1. The third kappa shape index (κ3) is 5.34. The summed E-state index contributed by atoms with van der Waals surface area (Å²) in [7, 11) is -3.78. The lowest BCUT2D eigenvalue weighted by Gasteiger charge is -2.34. The molecule has 2 heterocycles. The topological polar surface area (TPSA) is 106 Å². The highest BCUT2D eigenvalue weighted by Crippen LogP contribution is 2.23. The Morgan fingerprint density at radius 2 is 1.63 bits per heavy atom. The molecule has 184 valence electrons. The van der Waals surface area contributed by atoms with Gasteiger partial charge >= 0.3 is 0 Å². The number of primary sulfonamides is 1. The lowest BCUT2D eigenvalue weighted by Crippen LogP contribution is -2.49. The van der Waals surface area contributed by atoms with Gasteiger partial charge in [0.05, 0.1) is 11.4 Å². The number of nitrogens with two attached hydrogens (primary N) is 1. The van der Waals surface area contributed by atoms with Crippen molar-refractivity contribution in [1.29, 1.82) is 0 Å². The van der Waals surface area contributed by atoms with Crippen molar-refractivity contribution >= 4 is 21.7 Å². The number of aryl methyl sites for hydroxylation is 1. The molecule has 1 saturated heterocycles. The summed E-state index contributed by atoms with van der Waals surface area (Å²) in [5.41, 5.74) is 3.25. The first-order valence-electron chi connectivity index (χ1n) is 11.2. The number of sulfonamides is 1. The summed E-state index contributed by atoms with van der Waals surface area (Å²) in [5.74, 6) is -0.694. The van der Waals surface area contributed by atoms with E-state index in [1.807, 2.05) is 29.4 Å². The molecule has 0 saturated carbocycles. The smallest absolute Gasteiger partial charge is 0.254 e. The van der Waals surface area contributed by atoms with E-state index in [4.69, 9.17) is 5.14 Å². The fourth-order valence-electron chi connectivity index (χ4n) is 4.43. The fraction of sp³-hybridized carbons (Fsp3) is 0.280. The number of benzene rings is 2. The van der Waals surface area contributed by atoms with E-state index in [0.29, 0.717) is 37.3 Å². The van der Waals surface area contributed by atoms with Gasteiger partial charge < -0.3 is 9.47 Å². The molecule has 2 aromatic carbocycles. The van der Waals surface area contributed by atoms with Gasteiger partial charge in [-0.3, -0.25) is 14.5 Å². The first-order chi connectivity index (χ1) is 16.5. The van der Waals surface area contributed by atoms with Gasteiger partial charge in [0.15, 0.2) is 5.78 Å². The van der Waals surface area contributed by atoms with Crippen LogP contribution < -0.4 is 5.14 Å². The van der Waals surface area contributed by atoms with Crippen LogP contribution in [0.4, 0.5) is 4.39 Å². The number of amides is 1. The molecular formula is C25H27FN4O4S. The quantitative estimate of drug-likeness (QED) is 0.526. The zero-order chi connectivity index (χ0) is 25.3. The third-order valence-electron chi connectivity index (χ3n) is 6.25. The van der Waals surface area contributed by atoms with E-state index in [1.54, 1.807) is 23.1 Å². The normalized spacial score (nSPS) is 14.8. The lowest BCUT2D eigenvalue weighted by atomic mass is 10.1. The third-order valence-corrected chi connectivity index (χ3v) is 7.18. The highest BCUT2D eigenvalue weighted by Gasteiger charge is 2.25. The molecule has 2 N–H and O–H groups in total. The average molecular weight is 499 g/mol. The van der Waals surface area contributed by atoms with Gasteiger partial charge in [0.25, 0.3) is 5.91 Å². The molecule has 0 atom stereocenters. The van der Waals surface area contributed by atoms with Crippen molar-refractivity contribution in [3.05, 3.63) is 82.9 Å². The predicted molar refractivity (Wildman–Crippen MR) is 130 cm³/mol. The SMILES string of the molecule is Cc1cc(C(=O)CN2CCN(C(=O)c3cccc(F)c3)CC2)c(C)n1-c1ccc(S(N)(=O)=O)cc1. The molecule has 8 nitrogen and oxygen atoms in total. The van der Waals surface area contributed by atoms with Crippen LogP contribution in [0.5, 0.6) is 0 Å². The van der Waals surface area contributed by atoms with E-state index in [9.17, 15) is 22.4 Å². The van der Waals surface area contributed by atoms with E-state index in [-0.39, 0.29) is 23.1 Å². The number of aromatic nitrogens is 1. The summed E-state index contributed by atoms with van der Waals surface area (Å²) >= 11 is 0. The van der Waals surface area contributed by atoms with Crippen LogP contribution in [0.1, 0.15) is 32.1 Å². The van der Waals surface area contributed by atoms with Gasteiger partial charge in [0.1, 0.15) is 5.82 Å². The Morgan fingerprint density at radius 3 is 2.23 bits per heavy atom. The number of carbonyl (C=O) groups excluding carboxylic acids is 2. The van der Waals surface area contributed by atoms with Crippen LogP contribution in [0.3, 0.4) is 0 Å².